The number of halogens is 3. The Labute approximate surface area is 152 Å². The zero-order chi connectivity index (χ0) is 19.0. The van der Waals surface area contributed by atoms with E-state index in [1.165, 1.54) is 12.1 Å². The summed E-state index contributed by atoms with van der Waals surface area (Å²) in [4.78, 5) is 6.68. The van der Waals surface area contributed by atoms with Crippen LogP contribution in [-0.4, -0.2) is 36.1 Å². The molecule has 0 saturated carbocycles. The average Bonchev–Trinajstić information content (AvgIpc) is 2.65. The van der Waals surface area contributed by atoms with Gasteiger partial charge in [-0.15, -0.1) is 0 Å². The van der Waals surface area contributed by atoms with Crippen molar-refractivity contribution < 1.29 is 13.2 Å². The van der Waals surface area contributed by atoms with Gasteiger partial charge in [0.15, 0.2) is 0 Å². The van der Waals surface area contributed by atoms with Crippen LogP contribution in [0.15, 0.2) is 42.6 Å². The number of pyridine rings is 1. The van der Waals surface area contributed by atoms with Crippen LogP contribution in [0.3, 0.4) is 0 Å². The monoisotopic (exact) mass is 366 g/mol. The van der Waals surface area contributed by atoms with Crippen molar-refractivity contribution in [2.24, 2.45) is 0 Å². The van der Waals surface area contributed by atoms with E-state index in [9.17, 15) is 13.2 Å². The molecule has 142 valence electrons. The molecule has 0 aliphatic carbocycles. The number of nitrogens with zero attached hydrogens (tertiary/aromatic N) is 2. The maximum atomic E-state index is 12.6. The second-order valence-corrected chi connectivity index (χ2v) is 5.92. The Morgan fingerprint density at radius 1 is 0.923 bits per heavy atom. The van der Waals surface area contributed by atoms with Gasteiger partial charge in [-0.2, -0.15) is 13.2 Å². The molecule has 2 N–H and O–H groups in total. The second-order valence-electron chi connectivity index (χ2n) is 5.92. The van der Waals surface area contributed by atoms with Gasteiger partial charge in [0.25, 0.3) is 0 Å². The molecular formula is C19H25F3N4. The molecule has 7 heteroatoms. The van der Waals surface area contributed by atoms with E-state index in [2.05, 4.69) is 34.6 Å². The van der Waals surface area contributed by atoms with Gasteiger partial charge in [-0.1, -0.05) is 32.0 Å². The fraction of sp³-hybridized carbons (Fsp3) is 0.421. The van der Waals surface area contributed by atoms with E-state index in [0.717, 1.165) is 49.6 Å². The number of benzene rings is 1. The largest absolute Gasteiger partial charge is 0.416 e. The lowest BCUT2D eigenvalue weighted by Gasteiger charge is -2.18. The normalized spacial score (nSPS) is 11.9. The van der Waals surface area contributed by atoms with Crippen molar-refractivity contribution in [3.8, 4) is 11.1 Å². The van der Waals surface area contributed by atoms with Crippen molar-refractivity contribution in [3.05, 3.63) is 53.9 Å². The minimum atomic E-state index is -4.31. The van der Waals surface area contributed by atoms with E-state index in [0.29, 0.717) is 12.1 Å². The summed E-state index contributed by atoms with van der Waals surface area (Å²) < 4.78 is 37.8. The number of rotatable bonds is 9. The standard InChI is InChI=1S/C19H25F3N4/c1-3-26(4-2)12-11-24-25-14-18-10-7-16(13-23-18)15-5-8-17(9-6-15)19(20,21)22/h5-10,13,24-25H,3-4,11-12,14H2,1-2H3. The maximum absolute atomic E-state index is 12.6. The molecule has 2 rings (SSSR count). The van der Waals surface area contributed by atoms with Gasteiger partial charge in [-0.25, -0.2) is 0 Å². The average molecular weight is 366 g/mol. The molecule has 2 aromatic rings. The van der Waals surface area contributed by atoms with Gasteiger partial charge >= 0.3 is 6.18 Å². The Morgan fingerprint density at radius 2 is 1.58 bits per heavy atom. The van der Waals surface area contributed by atoms with Gasteiger partial charge in [0.1, 0.15) is 0 Å². The number of aromatic nitrogens is 1. The van der Waals surface area contributed by atoms with E-state index >= 15 is 0 Å². The number of nitrogens with one attached hydrogen (secondary N) is 2. The highest BCUT2D eigenvalue weighted by Crippen LogP contribution is 2.30. The Morgan fingerprint density at radius 3 is 2.12 bits per heavy atom. The van der Waals surface area contributed by atoms with E-state index in [4.69, 9.17) is 0 Å². The molecule has 0 radical (unpaired) electrons. The van der Waals surface area contributed by atoms with Crippen molar-refractivity contribution in [2.75, 3.05) is 26.2 Å². The van der Waals surface area contributed by atoms with Gasteiger partial charge < -0.3 is 4.90 Å². The Balaban J connectivity index is 1.83. The highest BCUT2D eigenvalue weighted by atomic mass is 19.4. The van der Waals surface area contributed by atoms with E-state index < -0.39 is 11.7 Å². The third-order valence-electron chi connectivity index (χ3n) is 4.21. The van der Waals surface area contributed by atoms with E-state index in [1.54, 1.807) is 6.20 Å². The van der Waals surface area contributed by atoms with Crippen LogP contribution in [0.4, 0.5) is 13.2 Å². The van der Waals surface area contributed by atoms with Crippen molar-refractivity contribution in [3.63, 3.8) is 0 Å². The third-order valence-corrected chi connectivity index (χ3v) is 4.21. The molecule has 0 unspecified atom stereocenters. The van der Waals surface area contributed by atoms with Gasteiger partial charge in [0.05, 0.1) is 17.8 Å². The first-order valence-electron chi connectivity index (χ1n) is 8.74. The molecule has 0 saturated heterocycles. The second kappa shape index (κ2) is 9.66. The molecule has 0 fully saturated rings. The minimum Gasteiger partial charge on any atom is -0.303 e. The first-order chi connectivity index (χ1) is 12.4. The minimum absolute atomic E-state index is 0.575. The summed E-state index contributed by atoms with van der Waals surface area (Å²) >= 11 is 0. The zero-order valence-electron chi connectivity index (χ0n) is 15.1. The van der Waals surface area contributed by atoms with Gasteiger partial charge in [-0.3, -0.25) is 15.8 Å². The van der Waals surface area contributed by atoms with Crippen LogP contribution in [0.5, 0.6) is 0 Å². The molecular weight excluding hydrogens is 341 g/mol. The van der Waals surface area contributed by atoms with Crippen LogP contribution in [0, 0.1) is 0 Å². The van der Waals surface area contributed by atoms with Crippen molar-refractivity contribution in [2.45, 2.75) is 26.6 Å². The molecule has 0 aliphatic rings. The number of hydrogen-bond donors (Lipinski definition) is 2. The first kappa shape index (κ1) is 20.4. The van der Waals surface area contributed by atoms with Crippen LogP contribution in [0.25, 0.3) is 11.1 Å². The Hall–Kier alpha value is -1.96. The summed E-state index contributed by atoms with van der Waals surface area (Å²) in [6, 6.07) is 8.84. The summed E-state index contributed by atoms with van der Waals surface area (Å²) in [5.41, 5.74) is 8.00. The van der Waals surface area contributed by atoms with E-state index in [-0.39, 0.29) is 0 Å². The predicted octanol–water partition coefficient (Wildman–Crippen LogP) is 3.70. The Bertz CT molecular complexity index is 650. The van der Waals surface area contributed by atoms with Crippen molar-refractivity contribution in [1.29, 1.82) is 0 Å². The molecule has 1 heterocycles. The quantitative estimate of drug-likeness (QED) is 0.524. The van der Waals surface area contributed by atoms with Crippen LogP contribution in [0.1, 0.15) is 25.1 Å². The van der Waals surface area contributed by atoms with Crippen LogP contribution >= 0.6 is 0 Å². The fourth-order valence-corrected chi connectivity index (χ4v) is 2.55. The van der Waals surface area contributed by atoms with Crippen molar-refractivity contribution >= 4 is 0 Å². The molecule has 4 nitrogen and oxygen atoms in total. The Kier molecular flexibility index (Phi) is 7.56. The maximum Gasteiger partial charge on any atom is 0.416 e. The fourth-order valence-electron chi connectivity index (χ4n) is 2.55. The summed E-state index contributed by atoms with van der Waals surface area (Å²) in [5, 5.41) is 0. The lowest BCUT2D eigenvalue weighted by atomic mass is 10.1. The lowest BCUT2D eigenvalue weighted by Crippen LogP contribution is -2.38. The summed E-state index contributed by atoms with van der Waals surface area (Å²) in [7, 11) is 0. The van der Waals surface area contributed by atoms with E-state index in [1.807, 2.05) is 12.1 Å². The summed E-state index contributed by atoms with van der Waals surface area (Å²) in [6.07, 6.45) is -2.64. The zero-order valence-corrected chi connectivity index (χ0v) is 15.1. The molecule has 0 amide bonds. The molecule has 0 atom stereocenters. The van der Waals surface area contributed by atoms with Crippen LogP contribution in [0.2, 0.25) is 0 Å². The highest BCUT2D eigenvalue weighted by Gasteiger charge is 2.29. The molecule has 26 heavy (non-hydrogen) atoms. The smallest absolute Gasteiger partial charge is 0.303 e. The van der Waals surface area contributed by atoms with Gasteiger partial charge in [-0.05, 0) is 36.9 Å². The molecule has 1 aromatic heterocycles. The topological polar surface area (TPSA) is 40.2 Å². The molecule has 1 aromatic carbocycles. The number of hydrazine groups is 1. The lowest BCUT2D eigenvalue weighted by molar-refractivity contribution is -0.137. The highest BCUT2D eigenvalue weighted by molar-refractivity contribution is 5.62. The summed E-state index contributed by atoms with van der Waals surface area (Å²) in [6.45, 7) is 8.73. The predicted molar refractivity (Wildman–Crippen MR) is 97.3 cm³/mol. The number of hydrogen-bond acceptors (Lipinski definition) is 4. The number of likely N-dealkylation sites (N-methyl/N-ethyl adjacent to an activating group) is 1. The SMILES string of the molecule is CCN(CC)CCNNCc1ccc(-c2ccc(C(F)(F)F)cc2)cn1. The van der Waals surface area contributed by atoms with Crippen LogP contribution < -0.4 is 10.9 Å². The third kappa shape index (κ3) is 6.09. The van der Waals surface area contributed by atoms with Crippen LogP contribution in [-0.2, 0) is 12.7 Å². The number of alkyl halides is 3. The molecule has 0 aliphatic heterocycles. The first-order valence-corrected chi connectivity index (χ1v) is 8.74. The summed E-state index contributed by atoms with van der Waals surface area (Å²) in [5.74, 6) is 0. The molecule has 0 spiro atoms. The van der Waals surface area contributed by atoms with Crippen molar-refractivity contribution in [1.82, 2.24) is 20.7 Å². The van der Waals surface area contributed by atoms with Gasteiger partial charge in [0.2, 0.25) is 0 Å². The van der Waals surface area contributed by atoms with Gasteiger partial charge in [0, 0.05) is 24.8 Å². The molecule has 0 bridgehead atoms.